The van der Waals surface area contributed by atoms with Crippen molar-refractivity contribution in [2.24, 2.45) is 0 Å². The molecule has 2 saturated heterocycles. The Morgan fingerprint density at radius 2 is 1.79 bits per heavy atom. The first-order valence-electron chi connectivity index (χ1n) is 7.88. The minimum atomic E-state index is 0.658. The highest BCUT2D eigenvalue weighted by Gasteiger charge is 2.33. The van der Waals surface area contributed by atoms with E-state index >= 15 is 0 Å². The molecule has 2 unspecified atom stereocenters. The van der Waals surface area contributed by atoms with Crippen LogP contribution in [-0.2, 0) is 6.42 Å². The van der Waals surface area contributed by atoms with Gasteiger partial charge in [-0.2, -0.15) is 0 Å². The van der Waals surface area contributed by atoms with Gasteiger partial charge in [-0.05, 0) is 64.2 Å². The Labute approximate surface area is 117 Å². The van der Waals surface area contributed by atoms with Crippen LogP contribution in [0.25, 0.3) is 0 Å². The van der Waals surface area contributed by atoms with Crippen LogP contribution in [-0.4, -0.2) is 41.6 Å². The van der Waals surface area contributed by atoms with Gasteiger partial charge in [0, 0.05) is 6.04 Å². The second-order valence-corrected chi connectivity index (χ2v) is 6.14. The molecule has 0 aliphatic carbocycles. The second kappa shape index (κ2) is 6.06. The predicted molar refractivity (Wildman–Crippen MR) is 80.1 cm³/mol. The first-order valence-corrected chi connectivity index (χ1v) is 7.88. The van der Waals surface area contributed by atoms with Crippen LogP contribution in [0.1, 0.15) is 38.2 Å². The summed E-state index contributed by atoms with van der Waals surface area (Å²) >= 11 is 0. The van der Waals surface area contributed by atoms with Crippen LogP contribution in [0.3, 0.4) is 0 Å². The number of nitrogens with zero attached hydrogens (tertiary/aromatic N) is 2. The molecule has 0 spiro atoms. The zero-order valence-electron chi connectivity index (χ0n) is 12.1. The molecule has 0 saturated carbocycles. The molecule has 2 heterocycles. The Hall–Kier alpha value is -0.860. The van der Waals surface area contributed by atoms with Gasteiger partial charge < -0.3 is 0 Å². The maximum Gasteiger partial charge on any atom is 0.0625 e. The molecule has 2 heteroatoms. The van der Waals surface area contributed by atoms with Crippen molar-refractivity contribution in [3.8, 4) is 0 Å². The summed E-state index contributed by atoms with van der Waals surface area (Å²) in [5, 5.41) is 0. The van der Waals surface area contributed by atoms with E-state index in [4.69, 9.17) is 0 Å². The first kappa shape index (κ1) is 13.1. The number of hydrogen-bond donors (Lipinski definition) is 0. The van der Waals surface area contributed by atoms with E-state index in [0.29, 0.717) is 6.04 Å². The topological polar surface area (TPSA) is 6.48 Å². The van der Waals surface area contributed by atoms with Crippen molar-refractivity contribution in [3.05, 3.63) is 35.9 Å². The van der Waals surface area contributed by atoms with Gasteiger partial charge in [-0.25, -0.2) is 0 Å². The Balaban J connectivity index is 1.68. The summed E-state index contributed by atoms with van der Waals surface area (Å²) in [5.74, 6) is 0. The summed E-state index contributed by atoms with van der Waals surface area (Å²) in [6.07, 6.45) is 7.42. The van der Waals surface area contributed by atoms with E-state index in [0.717, 1.165) is 6.17 Å². The Kier molecular flexibility index (Phi) is 4.19. The van der Waals surface area contributed by atoms with E-state index in [1.165, 1.54) is 57.3 Å². The third-order valence-corrected chi connectivity index (χ3v) is 4.76. The van der Waals surface area contributed by atoms with Gasteiger partial charge in [0.05, 0.1) is 6.17 Å². The molecule has 0 aromatic heterocycles. The molecule has 2 nitrogen and oxygen atoms in total. The number of benzene rings is 1. The fourth-order valence-corrected chi connectivity index (χ4v) is 3.79. The standard InChI is InChI=1S/C17H26N2/c1-15(14-16-8-3-2-4-9-16)19-13-6-5-11-18-12-7-10-17(18)19/h2-4,8-9,15,17H,5-7,10-14H2,1H3. The number of rotatable bonds is 3. The summed E-state index contributed by atoms with van der Waals surface area (Å²) < 4.78 is 0. The predicted octanol–water partition coefficient (Wildman–Crippen LogP) is 3.14. The smallest absolute Gasteiger partial charge is 0.0625 e. The fraction of sp³-hybridized carbons (Fsp3) is 0.647. The quantitative estimate of drug-likeness (QED) is 0.822. The average molecular weight is 258 g/mol. The van der Waals surface area contributed by atoms with Crippen LogP contribution >= 0.6 is 0 Å². The van der Waals surface area contributed by atoms with E-state index in [-0.39, 0.29) is 0 Å². The highest BCUT2D eigenvalue weighted by atomic mass is 15.4. The normalized spacial score (nSPS) is 26.9. The molecule has 2 atom stereocenters. The molecular formula is C17H26N2. The summed E-state index contributed by atoms with van der Waals surface area (Å²) in [7, 11) is 0. The monoisotopic (exact) mass is 258 g/mol. The van der Waals surface area contributed by atoms with Gasteiger partial charge in [-0.3, -0.25) is 9.80 Å². The highest BCUT2D eigenvalue weighted by Crippen LogP contribution is 2.27. The van der Waals surface area contributed by atoms with Gasteiger partial charge in [0.1, 0.15) is 0 Å². The summed E-state index contributed by atoms with van der Waals surface area (Å²) in [6.45, 7) is 6.34. The Morgan fingerprint density at radius 3 is 2.63 bits per heavy atom. The largest absolute Gasteiger partial charge is 0.288 e. The minimum Gasteiger partial charge on any atom is -0.288 e. The summed E-state index contributed by atoms with van der Waals surface area (Å²) in [6, 6.07) is 11.6. The van der Waals surface area contributed by atoms with Crippen molar-refractivity contribution in [1.82, 2.24) is 9.80 Å². The zero-order valence-corrected chi connectivity index (χ0v) is 12.1. The van der Waals surface area contributed by atoms with Crippen LogP contribution in [0.15, 0.2) is 30.3 Å². The third-order valence-electron chi connectivity index (χ3n) is 4.76. The number of fused-ring (bicyclic) bond motifs is 1. The van der Waals surface area contributed by atoms with Gasteiger partial charge in [0.15, 0.2) is 0 Å². The van der Waals surface area contributed by atoms with Crippen LogP contribution in [0.5, 0.6) is 0 Å². The molecule has 1 aromatic carbocycles. The molecule has 104 valence electrons. The molecule has 0 bridgehead atoms. The molecule has 19 heavy (non-hydrogen) atoms. The summed E-state index contributed by atoms with van der Waals surface area (Å²) in [5.41, 5.74) is 1.48. The van der Waals surface area contributed by atoms with E-state index in [1.807, 2.05) is 0 Å². The Morgan fingerprint density at radius 1 is 1.05 bits per heavy atom. The van der Waals surface area contributed by atoms with Crippen molar-refractivity contribution >= 4 is 0 Å². The molecule has 3 rings (SSSR count). The lowest BCUT2D eigenvalue weighted by molar-refractivity contribution is 0.0619. The van der Waals surface area contributed by atoms with E-state index in [2.05, 4.69) is 47.1 Å². The molecule has 2 aliphatic heterocycles. The lowest BCUT2D eigenvalue weighted by Crippen LogP contribution is -2.48. The van der Waals surface area contributed by atoms with Crippen LogP contribution in [0.2, 0.25) is 0 Å². The van der Waals surface area contributed by atoms with Gasteiger partial charge >= 0.3 is 0 Å². The van der Waals surface area contributed by atoms with Crippen molar-refractivity contribution in [3.63, 3.8) is 0 Å². The van der Waals surface area contributed by atoms with Crippen molar-refractivity contribution in [1.29, 1.82) is 0 Å². The van der Waals surface area contributed by atoms with Crippen LogP contribution < -0.4 is 0 Å². The van der Waals surface area contributed by atoms with Crippen LogP contribution in [0, 0.1) is 0 Å². The highest BCUT2D eigenvalue weighted by molar-refractivity contribution is 5.15. The second-order valence-electron chi connectivity index (χ2n) is 6.14. The van der Waals surface area contributed by atoms with E-state index in [1.54, 1.807) is 0 Å². The molecule has 2 fully saturated rings. The lowest BCUT2D eigenvalue weighted by atomic mass is 10.0. The zero-order chi connectivity index (χ0) is 13.1. The molecule has 0 radical (unpaired) electrons. The Bertz CT molecular complexity index is 390. The van der Waals surface area contributed by atoms with Crippen molar-refractivity contribution in [2.75, 3.05) is 19.6 Å². The third kappa shape index (κ3) is 3.01. The molecule has 1 aromatic rings. The average Bonchev–Trinajstić information content (AvgIpc) is 2.79. The minimum absolute atomic E-state index is 0.658. The van der Waals surface area contributed by atoms with Gasteiger partial charge in [0.2, 0.25) is 0 Å². The molecule has 0 amide bonds. The molecule has 0 N–H and O–H groups in total. The molecule has 2 aliphatic rings. The SMILES string of the molecule is CC(Cc1ccccc1)N1CCCCN2CCCC21. The van der Waals surface area contributed by atoms with Crippen molar-refractivity contribution in [2.45, 2.75) is 51.2 Å². The van der Waals surface area contributed by atoms with Crippen molar-refractivity contribution < 1.29 is 0 Å². The van der Waals surface area contributed by atoms with Gasteiger partial charge in [-0.15, -0.1) is 0 Å². The maximum absolute atomic E-state index is 2.77. The van der Waals surface area contributed by atoms with E-state index < -0.39 is 0 Å². The van der Waals surface area contributed by atoms with E-state index in [9.17, 15) is 0 Å². The summed E-state index contributed by atoms with van der Waals surface area (Å²) in [4.78, 5) is 5.49. The maximum atomic E-state index is 2.77. The number of hydrogen-bond acceptors (Lipinski definition) is 2. The fourth-order valence-electron chi connectivity index (χ4n) is 3.79. The lowest BCUT2D eigenvalue weighted by Gasteiger charge is -2.37. The molecular weight excluding hydrogens is 232 g/mol. The first-order chi connectivity index (χ1) is 9.34. The van der Waals surface area contributed by atoms with Gasteiger partial charge in [-0.1, -0.05) is 30.3 Å². The van der Waals surface area contributed by atoms with Gasteiger partial charge in [0.25, 0.3) is 0 Å². The van der Waals surface area contributed by atoms with Crippen LogP contribution in [0.4, 0.5) is 0 Å².